The number of rotatable bonds is 27. The lowest BCUT2D eigenvalue weighted by atomic mass is 10.0. The second-order valence-electron chi connectivity index (χ2n) is 10.5. The van der Waals surface area contributed by atoms with Crippen molar-refractivity contribution in [3.05, 3.63) is 0 Å². The molecular formula is C28H54N6O9S3Si. The molecule has 0 aromatic carbocycles. The van der Waals surface area contributed by atoms with Gasteiger partial charge in [0, 0.05) is 81.0 Å². The Bertz CT molecular complexity index is 916. The lowest BCUT2D eigenvalue weighted by Crippen LogP contribution is -2.49. The van der Waals surface area contributed by atoms with Gasteiger partial charge in [-0.2, -0.15) is 11.8 Å². The zero-order valence-corrected chi connectivity index (χ0v) is 31.3. The fourth-order valence-electron chi connectivity index (χ4n) is 4.88. The molecule has 2 aliphatic rings. The van der Waals surface area contributed by atoms with Crippen molar-refractivity contribution in [3.63, 3.8) is 0 Å². The van der Waals surface area contributed by atoms with Crippen LogP contribution in [0.5, 0.6) is 0 Å². The van der Waals surface area contributed by atoms with E-state index in [9.17, 15) is 19.2 Å². The number of amides is 6. The molecule has 0 bridgehead atoms. The summed E-state index contributed by atoms with van der Waals surface area (Å²) in [4.78, 5) is 47.4. The maximum Gasteiger partial charge on any atom is 0.502 e. The van der Waals surface area contributed by atoms with Gasteiger partial charge in [-0.3, -0.25) is 4.79 Å². The second kappa shape index (κ2) is 25.4. The minimum atomic E-state index is -2.79. The van der Waals surface area contributed by atoms with Gasteiger partial charge in [0.15, 0.2) is 0 Å². The molecule has 0 saturated carbocycles. The molecule has 15 nitrogen and oxygen atoms in total. The second-order valence-corrected chi connectivity index (χ2v) is 17.2. The number of hydrogen-bond acceptors (Lipinski definition) is 12. The van der Waals surface area contributed by atoms with Crippen molar-refractivity contribution in [2.45, 2.75) is 69.8 Å². The number of thioether (sulfide) groups is 1. The summed E-state index contributed by atoms with van der Waals surface area (Å²) in [6.45, 7) is 9.45. The van der Waals surface area contributed by atoms with E-state index in [-0.39, 0.29) is 49.9 Å². The van der Waals surface area contributed by atoms with Crippen molar-refractivity contribution in [1.82, 2.24) is 31.9 Å². The van der Waals surface area contributed by atoms with E-state index < -0.39 is 14.9 Å². The molecule has 3 atom stereocenters. The topological polar surface area (TPSA) is 187 Å². The number of fused-ring (bicyclic) bond motifs is 1. The zero-order chi connectivity index (χ0) is 34.2. The SMILES string of the molecule is CCO[Si](CCNC(=O)NCCOCCOC(=O)NCCSSCCNC(=O)CCCCC1SCC2NC(=O)NC21)(OCC)OCC. The molecule has 3 unspecified atom stereocenters. The highest BCUT2D eigenvalue weighted by Crippen LogP contribution is 2.33. The summed E-state index contributed by atoms with van der Waals surface area (Å²) < 4.78 is 27.8. The van der Waals surface area contributed by atoms with Crippen LogP contribution in [0.15, 0.2) is 0 Å². The first-order valence-corrected chi connectivity index (χ1v) is 21.9. The van der Waals surface area contributed by atoms with E-state index in [4.69, 9.17) is 22.8 Å². The molecule has 0 aliphatic carbocycles. The van der Waals surface area contributed by atoms with Crippen LogP contribution in [0.3, 0.4) is 0 Å². The van der Waals surface area contributed by atoms with Crippen LogP contribution in [-0.4, -0.2) is 133 Å². The van der Waals surface area contributed by atoms with E-state index in [1.165, 1.54) is 0 Å². The molecule has 6 amide bonds. The Morgan fingerprint density at radius 1 is 0.851 bits per heavy atom. The molecule has 2 fully saturated rings. The molecule has 2 rings (SSSR count). The van der Waals surface area contributed by atoms with Crippen molar-refractivity contribution < 1.29 is 41.9 Å². The summed E-state index contributed by atoms with van der Waals surface area (Å²) >= 11 is 1.90. The zero-order valence-electron chi connectivity index (χ0n) is 27.9. The highest BCUT2D eigenvalue weighted by Gasteiger charge is 2.42. The third kappa shape index (κ3) is 18.1. The summed E-state index contributed by atoms with van der Waals surface area (Å²) in [5.74, 6) is 2.51. The normalized spacial score (nSPS) is 18.6. The molecular weight excluding hydrogens is 689 g/mol. The summed E-state index contributed by atoms with van der Waals surface area (Å²) in [5.41, 5.74) is 0. The van der Waals surface area contributed by atoms with Crippen LogP contribution < -0.4 is 31.9 Å². The van der Waals surface area contributed by atoms with Gasteiger partial charge in [0.2, 0.25) is 5.91 Å². The minimum absolute atomic E-state index is 0.0661. The average Bonchev–Trinajstić information content (AvgIpc) is 3.59. The van der Waals surface area contributed by atoms with Crippen LogP contribution in [0, 0.1) is 0 Å². The highest BCUT2D eigenvalue weighted by molar-refractivity contribution is 8.76. The molecule has 0 aromatic rings. The Hall–Kier alpha value is -1.61. The van der Waals surface area contributed by atoms with E-state index in [0.717, 1.165) is 30.8 Å². The fraction of sp³-hybridized carbons (Fsp3) is 0.857. The van der Waals surface area contributed by atoms with Gasteiger partial charge in [-0.25, -0.2) is 14.4 Å². The van der Waals surface area contributed by atoms with Crippen LogP contribution >= 0.6 is 33.3 Å². The molecule has 0 spiro atoms. The van der Waals surface area contributed by atoms with Crippen molar-refractivity contribution in [2.75, 3.05) is 83.1 Å². The Balaban J connectivity index is 1.33. The summed E-state index contributed by atoms with van der Waals surface area (Å²) in [5, 5.41) is 17.5. The Kier molecular flexibility index (Phi) is 22.4. The van der Waals surface area contributed by atoms with E-state index in [2.05, 4.69) is 31.9 Å². The quantitative estimate of drug-likeness (QED) is 0.0313. The number of unbranched alkanes of at least 4 members (excludes halogenated alkanes) is 1. The fourth-order valence-corrected chi connectivity index (χ4v) is 10.7. The van der Waals surface area contributed by atoms with Gasteiger partial charge < -0.3 is 54.7 Å². The molecule has 6 N–H and O–H groups in total. The van der Waals surface area contributed by atoms with Crippen molar-refractivity contribution in [1.29, 1.82) is 0 Å². The molecule has 0 radical (unpaired) electrons. The number of nitrogens with one attached hydrogen (secondary N) is 6. The smallest absolute Gasteiger partial charge is 0.447 e. The number of hydrogen-bond donors (Lipinski definition) is 6. The van der Waals surface area contributed by atoms with Gasteiger partial charge in [0.05, 0.1) is 25.3 Å². The predicted molar refractivity (Wildman–Crippen MR) is 189 cm³/mol. The van der Waals surface area contributed by atoms with Gasteiger partial charge in [0.25, 0.3) is 0 Å². The maximum atomic E-state index is 12.1. The van der Waals surface area contributed by atoms with Crippen molar-refractivity contribution in [3.8, 4) is 0 Å². The third-order valence-electron chi connectivity index (χ3n) is 6.93. The Morgan fingerprint density at radius 2 is 1.53 bits per heavy atom. The monoisotopic (exact) mass is 742 g/mol. The first kappa shape index (κ1) is 41.6. The highest BCUT2D eigenvalue weighted by atomic mass is 33.1. The molecule has 272 valence electrons. The number of carbonyl (C=O) groups is 4. The van der Waals surface area contributed by atoms with E-state index >= 15 is 0 Å². The molecule has 2 heterocycles. The van der Waals surface area contributed by atoms with Crippen molar-refractivity contribution >= 4 is 66.2 Å². The lowest BCUT2D eigenvalue weighted by molar-refractivity contribution is -0.121. The number of ether oxygens (including phenoxy) is 2. The van der Waals surface area contributed by atoms with E-state index in [1.54, 1.807) is 21.6 Å². The van der Waals surface area contributed by atoms with Gasteiger partial charge in [0.1, 0.15) is 6.61 Å². The first-order valence-electron chi connectivity index (χ1n) is 16.4. The summed E-state index contributed by atoms with van der Waals surface area (Å²) in [6.07, 6.45) is 2.83. The van der Waals surface area contributed by atoms with Gasteiger partial charge >= 0.3 is 27.0 Å². The van der Waals surface area contributed by atoms with Crippen LogP contribution in [0.2, 0.25) is 6.04 Å². The summed E-state index contributed by atoms with van der Waals surface area (Å²) in [6, 6.07) is 0.546. The maximum absolute atomic E-state index is 12.1. The van der Waals surface area contributed by atoms with Crippen LogP contribution in [-0.2, 0) is 27.5 Å². The molecule has 47 heavy (non-hydrogen) atoms. The minimum Gasteiger partial charge on any atom is -0.447 e. The van der Waals surface area contributed by atoms with Gasteiger partial charge in [-0.1, -0.05) is 28.0 Å². The molecule has 2 aliphatic heterocycles. The van der Waals surface area contributed by atoms with E-state index in [0.29, 0.717) is 69.5 Å². The van der Waals surface area contributed by atoms with Crippen LogP contribution in [0.1, 0.15) is 46.5 Å². The van der Waals surface area contributed by atoms with Gasteiger partial charge in [-0.05, 0) is 33.6 Å². The Morgan fingerprint density at radius 3 is 2.23 bits per heavy atom. The summed E-state index contributed by atoms with van der Waals surface area (Å²) in [7, 11) is 0.464. The molecule has 2 saturated heterocycles. The number of carbonyl (C=O) groups excluding carboxylic acids is 4. The molecule has 19 heteroatoms. The Labute approximate surface area is 292 Å². The lowest BCUT2D eigenvalue weighted by Gasteiger charge is -2.28. The molecule has 0 aromatic heterocycles. The van der Waals surface area contributed by atoms with Crippen LogP contribution in [0.25, 0.3) is 0 Å². The first-order chi connectivity index (χ1) is 22.8. The number of urea groups is 2. The number of alkyl carbamates (subject to hydrolysis) is 1. The largest absolute Gasteiger partial charge is 0.502 e. The van der Waals surface area contributed by atoms with Crippen LogP contribution in [0.4, 0.5) is 14.4 Å². The van der Waals surface area contributed by atoms with Gasteiger partial charge in [-0.15, -0.1) is 0 Å². The van der Waals surface area contributed by atoms with E-state index in [1.807, 2.05) is 32.5 Å². The standard InChI is InChI=1S/C28H54N6O9S3Si/c1-4-41-47(42-5-2,43-6-3)20-14-31-26(36)30-11-15-39-16-17-40-28(38)32-13-19-46-45-18-12-29-24(35)10-8-7-9-23-25-22(21-44-23)33-27(37)34-25/h22-23,25H,4-21H2,1-3H3,(H,29,35)(H,32,38)(H2,30,31,36)(H2,33,34,37). The predicted octanol–water partition coefficient (Wildman–Crippen LogP) is 2.30. The van der Waals surface area contributed by atoms with Crippen molar-refractivity contribution in [2.24, 2.45) is 0 Å². The third-order valence-corrected chi connectivity index (χ3v) is 13.9. The average molecular weight is 743 g/mol.